The molecular weight excluding hydrogens is 344 g/mol. The SMILES string of the molecule is C=CC1CCC(n2ccc(=O)[nH]c2=O)O1.CC(C)(C)S(C)(C)O.CO. The minimum absolute atomic E-state index is 0.00571. The maximum Gasteiger partial charge on any atom is 0.330 e. The summed E-state index contributed by atoms with van der Waals surface area (Å²) in [6, 6.07) is 1.31. The summed E-state index contributed by atoms with van der Waals surface area (Å²) in [6.45, 7) is 9.81. The van der Waals surface area contributed by atoms with Crippen LogP contribution in [-0.4, -0.2) is 49.7 Å². The molecule has 2 atom stereocenters. The summed E-state index contributed by atoms with van der Waals surface area (Å²) < 4.78 is 16.4. The van der Waals surface area contributed by atoms with Crippen LogP contribution in [0.25, 0.3) is 0 Å². The lowest BCUT2D eigenvalue weighted by atomic mass is 10.2. The largest absolute Gasteiger partial charge is 0.400 e. The first-order valence-corrected chi connectivity index (χ1v) is 10.4. The summed E-state index contributed by atoms with van der Waals surface area (Å²) in [5.41, 5.74) is -0.827. The number of ether oxygens (including phenoxy) is 1. The second-order valence-corrected chi connectivity index (χ2v) is 10.6. The van der Waals surface area contributed by atoms with Crippen LogP contribution in [-0.2, 0) is 4.74 Å². The van der Waals surface area contributed by atoms with E-state index >= 15 is 0 Å². The van der Waals surface area contributed by atoms with Gasteiger partial charge in [0.05, 0.1) is 6.10 Å². The van der Waals surface area contributed by atoms with E-state index in [0.717, 1.165) is 20.0 Å². The highest BCUT2D eigenvalue weighted by molar-refractivity contribution is 8.29. The molecule has 3 N–H and O–H groups in total. The third-order valence-electron chi connectivity index (χ3n) is 3.95. The second kappa shape index (κ2) is 9.96. The summed E-state index contributed by atoms with van der Waals surface area (Å²) in [5, 5.41) is 7.00. The Hall–Kier alpha value is -1.35. The van der Waals surface area contributed by atoms with Crippen LogP contribution in [0, 0.1) is 0 Å². The molecule has 25 heavy (non-hydrogen) atoms. The van der Waals surface area contributed by atoms with E-state index in [0.29, 0.717) is 0 Å². The van der Waals surface area contributed by atoms with Crippen LogP contribution in [0.3, 0.4) is 0 Å². The Bertz CT molecular complexity index is 628. The molecule has 2 heterocycles. The Kier molecular flexibility index (Phi) is 9.42. The molecule has 0 bridgehead atoms. The average molecular weight is 377 g/mol. The van der Waals surface area contributed by atoms with Gasteiger partial charge in [-0.1, -0.05) is 26.8 Å². The van der Waals surface area contributed by atoms with Gasteiger partial charge in [0.1, 0.15) is 6.23 Å². The van der Waals surface area contributed by atoms with Gasteiger partial charge in [-0.05, 0) is 25.4 Å². The fourth-order valence-corrected chi connectivity index (χ4v) is 1.68. The van der Waals surface area contributed by atoms with Crippen LogP contribution < -0.4 is 11.2 Å². The fraction of sp³-hybridized carbons (Fsp3) is 0.647. The average Bonchev–Trinajstić information content (AvgIpc) is 2.96. The number of nitrogens with one attached hydrogen (secondary N) is 1. The second-order valence-electron chi connectivity index (χ2n) is 6.84. The highest BCUT2D eigenvalue weighted by Crippen LogP contribution is 2.48. The molecule has 0 amide bonds. The lowest BCUT2D eigenvalue weighted by Crippen LogP contribution is -2.31. The van der Waals surface area contributed by atoms with Crippen molar-refractivity contribution in [2.75, 3.05) is 19.6 Å². The Morgan fingerprint density at radius 1 is 1.32 bits per heavy atom. The molecule has 1 saturated heterocycles. The van der Waals surface area contributed by atoms with Crippen molar-refractivity contribution in [1.29, 1.82) is 0 Å². The zero-order valence-electron chi connectivity index (χ0n) is 16.0. The minimum atomic E-state index is -1.34. The topological polar surface area (TPSA) is 105 Å². The van der Waals surface area contributed by atoms with Gasteiger partial charge in [-0.2, -0.15) is 0 Å². The van der Waals surface area contributed by atoms with Gasteiger partial charge in [-0.3, -0.25) is 14.3 Å². The molecule has 1 aliphatic rings. The van der Waals surface area contributed by atoms with Crippen molar-refractivity contribution in [2.24, 2.45) is 0 Å². The summed E-state index contributed by atoms with van der Waals surface area (Å²) in [4.78, 5) is 24.5. The van der Waals surface area contributed by atoms with E-state index in [1.807, 2.05) is 12.5 Å². The third kappa shape index (κ3) is 7.60. The minimum Gasteiger partial charge on any atom is -0.400 e. The van der Waals surface area contributed by atoms with Crippen molar-refractivity contribution >= 4 is 10.3 Å². The standard InChI is InChI=1S/C10H12N2O3.C6H16OS.CH4O/c1-2-7-3-4-9(15-7)12-6-5-8(13)11-10(12)14;1-6(2,3)8(4,5)7;1-2/h2,5-7,9H,1,3-4H2,(H,11,13,14);7H,1-5H3;2H,1H3. The molecule has 8 heteroatoms. The van der Waals surface area contributed by atoms with Gasteiger partial charge >= 0.3 is 5.69 Å². The maximum absolute atomic E-state index is 11.4. The molecule has 1 aromatic rings. The van der Waals surface area contributed by atoms with Crippen LogP contribution in [0.15, 0.2) is 34.5 Å². The van der Waals surface area contributed by atoms with Gasteiger partial charge in [0.15, 0.2) is 0 Å². The molecule has 1 fully saturated rings. The molecule has 0 saturated carbocycles. The Balaban J connectivity index is 0.000000493. The van der Waals surface area contributed by atoms with E-state index in [1.54, 1.807) is 6.08 Å². The number of H-pyrrole nitrogens is 1. The first-order valence-electron chi connectivity index (χ1n) is 7.95. The normalized spacial score (nSPS) is 20.6. The van der Waals surface area contributed by atoms with Gasteiger partial charge in [-0.15, -0.1) is 16.9 Å². The van der Waals surface area contributed by atoms with Gasteiger partial charge in [0, 0.05) is 24.1 Å². The number of rotatable bonds is 2. The molecule has 0 aliphatic carbocycles. The van der Waals surface area contributed by atoms with Gasteiger partial charge < -0.3 is 14.4 Å². The molecule has 0 radical (unpaired) electrons. The molecule has 1 aliphatic heterocycles. The van der Waals surface area contributed by atoms with Crippen molar-refractivity contribution < 1.29 is 14.4 Å². The Labute approximate surface area is 150 Å². The Morgan fingerprint density at radius 3 is 2.20 bits per heavy atom. The van der Waals surface area contributed by atoms with Crippen LogP contribution in [0.4, 0.5) is 0 Å². The molecule has 2 unspecified atom stereocenters. The highest BCUT2D eigenvalue weighted by atomic mass is 32.3. The van der Waals surface area contributed by atoms with E-state index < -0.39 is 21.6 Å². The van der Waals surface area contributed by atoms with E-state index in [-0.39, 0.29) is 17.1 Å². The number of aromatic amines is 1. The van der Waals surface area contributed by atoms with Gasteiger partial charge in [0.2, 0.25) is 0 Å². The van der Waals surface area contributed by atoms with Gasteiger partial charge in [-0.25, -0.2) is 4.79 Å². The van der Waals surface area contributed by atoms with Crippen molar-refractivity contribution in [3.05, 3.63) is 45.8 Å². The molecular formula is C17H32N2O5S. The molecule has 146 valence electrons. The number of nitrogens with zero attached hydrogens (tertiary/aromatic N) is 1. The van der Waals surface area contributed by atoms with Crippen LogP contribution in [0.5, 0.6) is 0 Å². The molecule has 1 aromatic heterocycles. The van der Waals surface area contributed by atoms with Gasteiger partial charge in [0.25, 0.3) is 5.56 Å². The van der Waals surface area contributed by atoms with E-state index in [4.69, 9.17) is 9.84 Å². The smallest absolute Gasteiger partial charge is 0.330 e. The molecule has 2 rings (SSSR count). The first kappa shape index (κ1) is 23.6. The quantitative estimate of drug-likeness (QED) is 0.687. The number of aliphatic hydroxyl groups is 1. The number of aromatic nitrogens is 2. The summed E-state index contributed by atoms with van der Waals surface area (Å²) in [7, 11) is -0.340. The number of aliphatic hydroxyl groups excluding tert-OH is 1. The number of hydrogen-bond acceptors (Lipinski definition) is 5. The van der Waals surface area contributed by atoms with E-state index in [9.17, 15) is 14.1 Å². The highest BCUT2D eigenvalue weighted by Gasteiger charge is 2.25. The summed E-state index contributed by atoms with van der Waals surface area (Å²) in [6.07, 6.45) is 8.29. The molecule has 0 aromatic carbocycles. The monoisotopic (exact) mass is 376 g/mol. The Morgan fingerprint density at radius 2 is 1.84 bits per heavy atom. The van der Waals surface area contributed by atoms with Crippen LogP contribution >= 0.6 is 10.3 Å². The lowest BCUT2D eigenvalue weighted by molar-refractivity contribution is 0.0204. The van der Waals surface area contributed by atoms with Crippen molar-refractivity contribution in [3.63, 3.8) is 0 Å². The summed E-state index contributed by atoms with van der Waals surface area (Å²) in [5.74, 6) is 0. The molecule has 0 spiro atoms. The fourth-order valence-electron chi connectivity index (χ4n) is 1.68. The van der Waals surface area contributed by atoms with E-state index in [2.05, 4.69) is 32.3 Å². The summed E-state index contributed by atoms with van der Waals surface area (Å²) >= 11 is 0. The predicted octanol–water partition coefficient (Wildman–Crippen LogP) is 2.33. The number of hydrogen-bond donors (Lipinski definition) is 3. The molecule has 7 nitrogen and oxygen atoms in total. The van der Waals surface area contributed by atoms with Crippen molar-refractivity contribution in [2.45, 2.75) is 50.7 Å². The zero-order valence-corrected chi connectivity index (χ0v) is 16.8. The predicted molar refractivity (Wildman–Crippen MR) is 105 cm³/mol. The van der Waals surface area contributed by atoms with Crippen LogP contribution in [0.1, 0.15) is 39.8 Å². The van der Waals surface area contributed by atoms with E-state index in [1.165, 1.54) is 16.8 Å². The van der Waals surface area contributed by atoms with Crippen molar-refractivity contribution in [3.8, 4) is 0 Å². The lowest BCUT2D eigenvalue weighted by Gasteiger charge is -2.38. The maximum atomic E-state index is 11.4. The zero-order chi connectivity index (χ0) is 19.8. The van der Waals surface area contributed by atoms with Crippen molar-refractivity contribution in [1.82, 2.24) is 9.55 Å². The third-order valence-corrected chi connectivity index (χ3v) is 6.95. The first-order chi connectivity index (χ1) is 11.5. The van der Waals surface area contributed by atoms with Crippen LogP contribution in [0.2, 0.25) is 0 Å².